The van der Waals surface area contributed by atoms with Crippen molar-refractivity contribution in [1.29, 1.82) is 0 Å². The molecule has 0 aromatic heterocycles. The summed E-state index contributed by atoms with van der Waals surface area (Å²) < 4.78 is 10.3. The van der Waals surface area contributed by atoms with Crippen LogP contribution in [0.15, 0.2) is 24.3 Å². The van der Waals surface area contributed by atoms with Crippen molar-refractivity contribution in [2.75, 3.05) is 13.2 Å². The van der Waals surface area contributed by atoms with E-state index >= 15 is 0 Å². The van der Waals surface area contributed by atoms with E-state index in [1.165, 1.54) is 0 Å². The largest absolute Gasteiger partial charge is 0.494 e. The molecule has 1 rings (SSSR count). The molecule has 1 aromatic carbocycles. The third kappa shape index (κ3) is 4.77. The molecule has 1 aromatic rings. The van der Waals surface area contributed by atoms with Gasteiger partial charge in [-0.2, -0.15) is 0 Å². The predicted molar refractivity (Wildman–Crippen MR) is 70.7 cm³/mol. The Kier molecular flexibility index (Phi) is 6.05. The van der Waals surface area contributed by atoms with Gasteiger partial charge in [0, 0.05) is 0 Å². The molecule has 0 spiro atoms. The van der Waals surface area contributed by atoms with Crippen LogP contribution in [0.3, 0.4) is 0 Å². The maximum Gasteiger partial charge on any atom is 0.320 e. The molecule has 0 fully saturated rings. The Morgan fingerprint density at radius 3 is 2.76 bits per heavy atom. The van der Waals surface area contributed by atoms with Crippen LogP contribution in [0.25, 0.3) is 0 Å². The average Bonchev–Trinajstić information content (AvgIpc) is 2.30. The molecule has 1 atom stereocenters. The van der Waals surface area contributed by atoms with Crippen LogP contribution in [0.4, 0.5) is 0 Å². The first-order valence-electron chi connectivity index (χ1n) is 5.69. The van der Waals surface area contributed by atoms with Crippen molar-refractivity contribution in [3.63, 3.8) is 0 Å². The van der Waals surface area contributed by atoms with E-state index < -0.39 is 0 Å². The van der Waals surface area contributed by atoms with Gasteiger partial charge in [-0.05, 0) is 38.0 Å². The van der Waals surface area contributed by atoms with Crippen LogP contribution in [0.5, 0.6) is 5.75 Å². The summed E-state index contributed by atoms with van der Waals surface area (Å²) in [4.78, 5) is 11.2. The Morgan fingerprint density at radius 1 is 1.35 bits per heavy atom. The van der Waals surface area contributed by atoms with E-state index in [1.54, 1.807) is 6.92 Å². The van der Waals surface area contributed by atoms with Gasteiger partial charge in [-0.15, -0.1) is 0 Å². The van der Waals surface area contributed by atoms with Gasteiger partial charge in [0.25, 0.3) is 0 Å². The molecule has 0 N–H and O–H groups in total. The molecule has 0 aliphatic heterocycles. The molecular formula is C13H17BrO3. The summed E-state index contributed by atoms with van der Waals surface area (Å²) in [6.45, 7) is 4.78. The smallest absolute Gasteiger partial charge is 0.320 e. The molecule has 0 saturated carbocycles. The molecule has 0 amide bonds. The second-order valence-corrected chi connectivity index (χ2v) is 4.61. The van der Waals surface area contributed by atoms with Gasteiger partial charge in [0.05, 0.1) is 13.2 Å². The summed E-state index contributed by atoms with van der Waals surface area (Å²) in [5.41, 5.74) is 1.05. The summed E-state index contributed by atoms with van der Waals surface area (Å²) in [7, 11) is 0. The van der Waals surface area contributed by atoms with Crippen LogP contribution in [0.2, 0.25) is 0 Å². The fraction of sp³-hybridized carbons (Fsp3) is 0.462. The zero-order valence-corrected chi connectivity index (χ0v) is 11.7. The molecule has 0 radical (unpaired) electrons. The maximum atomic E-state index is 11.5. The summed E-state index contributed by atoms with van der Waals surface area (Å²) in [5, 5.41) is 0. The summed E-state index contributed by atoms with van der Waals surface area (Å²) >= 11 is 3.33. The van der Waals surface area contributed by atoms with Gasteiger partial charge in [0.15, 0.2) is 0 Å². The lowest BCUT2D eigenvalue weighted by Gasteiger charge is -2.10. The van der Waals surface area contributed by atoms with Gasteiger partial charge >= 0.3 is 5.97 Å². The van der Waals surface area contributed by atoms with Gasteiger partial charge < -0.3 is 9.47 Å². The van der Waals surface area contributed by atoms with Gasteiger partial charge in [-0.3, -0.25) is 4.79 Å². The van der Waals surface area contributed by atoms with Crippen LogP contribution < -0.4 is 4.74 Å². The molecule has 3 nitrogen and oxygen atoms in total. The molecule has 0 heterocycles. The average molecular weight is 301 g/mol. The first kappa shape index (κ1) is 14.0. The van der Waals surface area contributed by atoms with E-state index in [-0.39, 0.29) is 10.8 Å². The molecule has 17 heavy (non-hydrogen) atoms. The Morgan fingerprint density at radius 2 is 2.12 bits per heavy atom. The van der Waals surface area contributed by atoms with Gasteiger partial charge in [0.2, 0.25) is 0 Å². The van der Waals surface area contributed by atoms with Crippen molar-refractivity contribution in [2.45, 2.75) is 25.1 Å². The number of hydrogen-bond acceptors (Lipinski definition) is 3. The standard InChI is InChI=1S/C13H17BrO3/c1-3-16-11-7-5-6-10(8-11)9-12(14)13(15)17-4-2/h5-8,12H,3-4,9H2,1-2H3. The number of rotatable bonds is 6. The topological polar surface area (TPSA) is 35.5 Å². The Balaban J connectivity index is 2.61. The van der Waals surface area contributed by atoms with Crippen molar-refractivity contribution in [3.8, 4) is 5.75 Å². The van der Waals surface area contributed by atoms with Crippen LogP contribution in [0, 0.1) is 0 Å². The van der Waals surface area contributed by atoms with Crippen LogP contribution in [-0.4, -0.2) is 24.0 Å². The zero-order valence-electron chi connectivity index (χ0n) is 10.1. The van der Waals surface area contributed by atoms with Crippen molar-refractivity contribution < 1.29 is 14.3 Å². The third-order valence-corrected chi connectivity index (χ3v) is 2.86. The van der Waals surface area contributed by atoms with Crippen molar-refractivity contribution >= 4 is 21.9 Å². The molecular weight excluding hydrogens is 284 g/mol. The highest BCUT2D eigenvalue weighted by molar-refractivity contribution is 9.10. The highest BCUT2D eigenvalue weighted by Crippen LogP contribution is 2.17. The van der Waals surface area contributed by atoms with E-state index in [4.69, 9.17) is 9.47 Å². The number of carbonyl (C=O) groups is 1. The maximum absolute atomic E-state index is 11.5. The second kappa shape index (κ2) is 7.33. The van der Waals surface area contributed by atoms with E-state index in [0.717, 1.165) is 11.3 Å². The van der Waals surface area contributed by atoms with Crippen LogP contribution in [0.1, 0.15) is 19.4 Å². The molecule has 0 saturated heterocycles. The van der Waals surface area contributed by atoms with Crippen LogP contribution in [-0.2, 0) is 16.0 Å². The van der Waals surface area contributed by atoms with Crippen LogP contribution >= 0.6 is 15.9 Å². The SMILES string of the molecule is CCOC(=O)C(Br)Cc1cccc(OCC)c1. The molecule has 94 valence electrons. The lowest BCUT2D eigenvalue weighted by Crippen LogP contribution is -2.19. The number of hydrogen-bond donors (Lipinski definition) is 0. The minimum atomic E-state index is -0.306. The number of halogens is 1. The van der Waals surface area contributed by atoms with E-state index in [9.17, 15) is 4.79 Å². The molecule has 0 aliphatic carbocycles. The first-order valence-corrected chi connectivity index (χ1v) is 6.61. The second-order valence-electron chi connectivity index (χ2n) is 3.50. The Bertz CT molecular complexity index is 365. The highest BCUT2D eigenvalue weighted by Gasteiger charge is 2.16. The van der Waals surface area contributed by atoms with Gasteiger partial charge in [0.1, 0.15) is 10.6 Å². The number of ether oxygens (including phenoxy) is 2. The lowest BCUT2D eigenvalue weighted by atomic mass is 10.1. The molecule has 0 aliphatic rings. The molecule has 1 unspecified atom stereocenters. The number of esters is 1. The van der Waals surface area contributed by atoms with Crippen molar-refractivity contribution in [3.05, 3.63) is 29.8 Å². The fourth-order valence-corrected chi connectivity index (χ4v) is 1.96. The minimum absolute atomic E-state index is 0.227. The molecule has 0 bridgehead atoms. The lowest BCUT2D eigenvalue weighted by molar-refractivity contribution is -0.142. The van der Waals surface area contributed by atoms with Gasteiger partial charge in [-0.25, -0.2) is 0 Å². The van der Waals surface area contributed by atoms with Crippen molar-refractivity contribution in [1.82, 2.24) is 0 Å². The monoisotopic (exact) mass is 300 g/mol. The minimum Gasteiger partial charge on any atom is -0.494 e. The number of alkyl halides is 1. The van der Waals surface area contributed by atoms with Crippen molar-refractivity contribution in [2.24, 2.45) is 0 Å². The summed E-state index contributed by atoms with van der Waals surface area (Å²) in [5.74, 6) is 0.600. The fourth-order valence-electron chi connectivity index (χ4n) is 1.45. The van der Waals surface area contributed by atoms with E-state index in [2.05, 4.69) is 15.9 Å². The van der Waals surface area contributed by atoms with E-state index in [0.29, 0.717) is 19.6 Å². The summed E-state index contributed by atoms with van der Waals surface area (Å²) in [6.07, 6.45) is 0.597. The quantitative estimate of drug-likeness (QED) is 0.598. The number of benzene rings is 1. The number of carbonyl (C=O) groups excluding carboxylic acids is 1. The third-order valence-electron chi connectivity index (χ3n) is 2.17. The van der Waals surface area contributed by atoms with E-state index in [1.807, 2.05) is 31.2 Å². The zero-order chi connectivity index (χ0) is 12.7. The van der Waals surface area contributed by atoms with Gasteiger partial charge in [-0.1, -0.05) is 28.1 Å². The first-order chi connectivity index (χ1) is 8.17. The Hall–Kier alpha value is -1.03. The summed E-state index contributed by atoms with van der Waals surface area (Å²) in [6, 6.07) is 7.73. The Labute approximate surface area is 110 Å². The predicted octanol–water partition coefficient (Wildman–Crippen LogP) is 2.95. The highest BCUT2D eigenvalue weighted by atomic mass is 79.9. The molecule has 4 heteroatoms. The normalized spacial score (nSPS) is 11.9.